The fourth-order valence-corrected chi connectivity index (χ4v) is 5.99. The first-order valence-electron chi connectivity index (χ1n) is 11.9. The van der Waals surface area contributed by atoms with Gasteiger partial charge in [0, 0.05) is 16.3 Å². The Kier molecular flexibility index (Phi) is 7.33. The maximum atomic E-state index is 14.6. The molecule has 32 heavy (non-hydrogen) atoms. The number of hydrogen-bond acceptors (Lipinski definition) is 1. The summed E-state index contributed by atoms with van der Waals surface area (Å²) in [6.45, 7) is 1.58. The molecule has 2 aliphatic rings. The SMILES string of the molecule is Cc1ccc(OC(F)(F)c2ccc(C3CCC(C4CCC(C[Si])CC4)CC3)cc2)cc1F. The van der Waals surface area contributed by atoms with E-state index in [1.54, 1.807) is 6.92 Å². The molecule has 2 fully saturated rings. The Labute approximate surface area is 193 Å². The number of halogens is 3. The monoisotopic (exact) mass is 457 g/mol. The number of benzene rings is 2. The Hall–Kier alpha value is -1.75. The molecular formula is C27H32F3OSi. The molecule has 2 aromatic carbocycles. The molecule has 2 saturated carbocycles. The van der Waals surface area contributed by atoms with Gasteiger partial charge in [-0.15, -0.1) is 0 Å². The van der Waals surface area contributed by atoms with Gasteiger partial charge in [0.25, 0.3) is 0 Å². The van der Waals surface area contributed by atoms with Crippen LogP contribution in [0.1, 0.15) is 74.0 Å². The number of alkyl halides is 2. The lowest BCUT2D eigenvalue weighted by molar-refractivity contribution is -0.185. The molecule has 0 bridgehead atoms. The quantitative estimate of drug-likeness (QED) is 0.400. The Morgan fingerprint density at radius 2 is 1.47 bits per heavy atom. The van der Waals surface area contributed by atoms with Crippen LogP contribution in [0.15, 0.2) is 42.5 Å². The molecule has 2 aliphatic carbocycles. The van der Waals surface area contributed by atoms with E-state index in [4.69, 9.17) is 4.74 Å². The van der Waals surface area contributed by atoms with Gasteiger partial charge < -0.3 is 4.74 Å². The predicted octanol–water partition coefficient (Wildman–Crippen LogP) is 7.93. The van der Waals surface area contributed by atoms with Crippen molar-refractivity contribution in [3.05, 3.63) is 65.0 Å². The van der Waals surface area contributed by atoms with Gasteiger partial charge >= 0.3 is 6.11 Å². The van der Waals surface area contributed by atoms with E-state index in [1.807, 2.05) is 12.1 Å². The van der Waals surface area contributed by atoms with E-state index in [2.05, 4.69) is 10.2 Å². The standard InChI is InChI=1S/C27H32F3OSi/c1-18-2-15-25(16-26(18)28)31-27(29,30)24-13-11-23(12-14-24)22-9-7-21(8-10-22)20-5-3-19(17-32)4-6-20/h2,11-16,19-22H,3-10,17H2,1H3. The Morgan fingerprint density at radius 3 is 2.03 bits per heavy atom. The first-order chi connectivity index (χ1) is 15.4. The smallest absolute Gasteiger partial charge is 0.426 e. The van der Waals surface area contributed by atoms with Crippen LogP contribution in [0, 0.1) is 30.5 Å². The van der Waals surface area contributed by atoms with Crippen LogP contribution < -0.4 is 4.74 Å². The van der Waals surface area contributed by atoms with Crippen molar-refractivity contribution in [1.82, 2.24) is 0 Å². The normalized spacial score (nSPS) is 26.7. The van der Waals surface area contributed by atoms with Gasteiger partial charge in [0.1, 0.15) is 11.6 Å². The third-order valence-corrected chi connectivity index (χ3v) is 8.30. The van der Waals surface area contributed by atoms with Crippen molar-refractivity contribution in [3.63, 3.8) is 0 Å². The van der Waals surface area contributed by atoms with Crippen molar-refractivity contribution in [2.24, 2.45) is 17.8 Å². The van der Waals surface area contributed by atoms with Crippen LogP contribution in [0.5, 0.6) is 5.75 Å². The maximum absolute atomic E-state index is 14.6. The first-order valence-corrected chi connectivity index (χ1v) is 12.6. The van der Waals surface area contributed by atoms with Crippen LogP contribution in [0.2, 0.25) is 6.04 Å². The second-order valence-corrected chi connectivity index (χ2v) is 10.2. The van der Waals surface area contributed by atoms with Crippen molar-refractivity contribution in [2.75, 3.05) is 0 Å². The van der Waals surface area contributed by atoms with E-state index < -0.39 is 11.9 Å². The van der Waals surface area contributed by atoms with Crippen LogP contribution in [0.3, 0.4) is 0 Å². The molecule has 0 unspecified atom stereocenters. The zero-order valence-corrected chi connectivity index (χ0v) is 19.8. The highest BCUT2D eigenvalue weighted by Crippen LogP contribution is 2.44. The topological polar surface area (TPSA) is 9.23 Å². The van der Waals surface area contributed by atoms with Gasteiger partial charge in [-0.1, -0.05) is 37.1 Å². The van der Waals surface area contributed by atoms with E-state index >= 15 is 0 Å². The molecular weight excluding hydrogens is 425 g/mol. The van der Waals surface area contributed by atoms with Crippen LogP contribution >= 0.6 is 0 Å². The van der Waals surface area contributed by atoms with Crippen LogP contribution in [-0.4, -0.2) is 10.2 Å². The van der Waals surface area contributed by atoms with E-state index in [0.29, 0.717) is 11.5 Å². The highest BCUT2D eigenvalue weighted by Gasteiger charge is 2.35. The minimum Gasteiger partial charge on any atom is -0.429 e. The second-order valence-electron chi connectivity index (χ2n) is 9.75. The number of hydrogen-bond donors (Lipinski definition) is 0. The van der Waals surface area contributed by atoms with Gasteiger partial charge in [0.2, 0.25) is 0 Å². The van der Waals surface area contributed by atoms with Crippen molar-refractivity contribution < 1.29 is 17.9 Å². The third kappa shape index (κ3) is 5.41. The molecule has 5 heteroatoms. The summed E-state index contributed by atoms with van der Waals surface area (Å²) in [6.07, 6.45) is 6.67. The summed E-state index contributed by atoms with van der Waals surface area (Å²) in [5.74, 6) is 2.26. The molecule has 1 nitrogen and oxygen atoms in total. The average molecular weight is 458 g/mol. The van der Waals surface area contributed by atoms with Crippen molar-refractivity contribution in [2.45, 2.75) is 76.4 Å². The van der Waals surface area contributed by atoms with Crippen molar-refractivity contribution in [3.8, 4) is 5.75 Å². The zero-order chi connectivity index (χ0) is 22.7. The van der Waals surface area contributed by atoms with E-state index in [9.17, 15) is 13.2 Å². The summed E-state index contributed by atoms with van der Waals surface area (Å²) < 4.78 is 47.7. The fourth-order valence-electron chi connectivity index (χ4n) is 5.58. The second kappa shape index (κ2) is 10.0. The molecule has 0 heterocycles. The highest BCUT2D eigenvalue weighted by atomic mass is 28.1. The minimum atomic E-state index is -3.51. The largest absolute Gasteiger partial charge is 0.429 e. The Bertz CT molecular complexity index is 882. The van der Waals surface area contributed by atoms with Gasteiger partial charge in [-0.05, 0) is 98.4 Å². The number of aryl methyl sites for hydroxylation is 1. The molecule has 0 saturated heterocycles. The van der Waals surface area contributed by atoms with Crippen LogP contribution in [-0.2, 0) is 6.11 Å². The first kappa shape index (κ1) is 23.4. The summed E-state index contributed by atoms with van der Waals surface area (Å²) in [4.78, 5) is 0. The summed E-state index contributed by atoms with van der Waals surface area (Å²) in [7, 11) is 3.68. The summed E-state index contributed by atoms with van der Waals surface area (Å²) in [5.41, 5.74) is 1.32. The Morgan fingerprint density at radius 1 is 0.875 bits per heavy atom. The van der Waals surface area contributed by atoms with Gasteiger partial charge in [-0.3, -0.25) is 0 Å². The summed E-state index contributed by atoms with van der Waals surface area (Å²) in [6, 6.07) is 11.5. The molecule has 2 aromatic rings. The van der Waals surface area contributed by atoms with Gasteiger partial charge in [0.05, 0.1) is 5.56 Å². The number of rotatable bonds is 6. The molecule has 0 aliphatic heterocycles. The lowest BCUT2D eigenvalue weighted by Crippen LogP contribution is -2.25. The van der Waals surface area contributed by atoms with E-state index in [1.165, 1.54) is 62.8 Å². The molecule has 0 aromatic heterocycles. The van der Waals surface area contributed by atoms with Crippen molar-refractivity contribution >= 4 is 10.2 Å². The summed E-state index contributed by atoms with van der Waals surface area (Å²) in [5, 5.41) is 0. The van der Waals surface area contributed by atoms with E-state index in [0.717, 1.165) is 48.3 Å². The fraction of sp³-hybridized carbons (Fsp3) is 0.556. The molecule has 0 spiro atoms. The molecule has 0 amide bonds. The molecule has 0 N–H and O–H groups in total. The lowest BCUT2D eigenvalue weighted by atomic mass is 9.68. The van der Waals surface area contributed by atoms with Crippen LogP contribution in [0.25, 0.3) is 0 Å². The Balaban J connectivity index is 1.33. The highest BCUT2D eigenvalue weighted by molar-refractivity contribution is 6.08. The maximum Gasteiger partial charge on any atom is 0.426 e. The lowest BCUT2D eigenvalue weighted by Gasteiger charge is -2.38. The van der Waals surface area contributed by atoms with Gasteiger partial charge in [-0.2, -0.15) is 8.78 Å². The third-order valence-electron chi connectivity index (χ3n) is 7.73. The molecule has 4 rings (SSSR count). The van der Waals surface area contributed by atoms with Gasteiger partial charge in [-0.25, -0.2) is 4.39 Å². The minimum absolute atomic E-state index is 0.175. The van der Waals surface area contributed by atoms with Gasteiger partial charge in [0.15, 0.2) is 0 Å². The van der Waals surface area contributed by atoms with E-state index in [-0.39, 0.29) is 11.3 Å². The molecule has 0 atom stereocenters. The number of ether oxygens (including phenoxy) is 1. The summed E-state index contributed by atoms with van der Waals surface area (Å²) >= 11 is 0. The average Bonchev–Trinajstić information content (AvgIpc) is 2.81. The molecule has 171 valence electrons. The predicted molar refractivity (Wildman–Crippen MR) is 123 cm³/mol. The van der Waals surface area contributed by atoms with Crippen LogP contribution in [0.4, 0.5) is 13.2 Å². The molecule has 3 radical (unpaired) electrons. The zero-order valence-electron chi connectivity index (χ0n) is 18.8. The van der Waals surface area contributed by atoms with Crippen molar-refractivity contribution in [1.29, 1.82) is 0 Å².